The molecular formula is C29H38ClF3N6O. The highest BCUT2D eigenvalue weighted by Gasteiger charge is 2.35. The molecule has 0 saturated heterocycles. The lowest BCUT2D eigenvalue weighted by Gasteiger charge is -2.31. The van der Waals surface area contributed by atoms with Crippen LogP contribution in [0.5, 0.6) is 0 Å². The van der Waals surface area contributed by atoms with Crippen LogP contribution in [0.2, 0.25) is 5.02 Å². The minimum Gasteiger partial charge on any atom is -0.357 e. The van der Waals surface area contributed by atoms with Gasteiger partial charge in [0.1, 0.15) is 5.82 Å². The Kier molecular flexibility index (Phi) is 11.5. The highest BCUT2D eigenvalue weighted by molar-refractivity contribution is 6.35. The predicted molar refractivity (Wildman–Crippen MR) is 154 cm³/mol. The van der Waals surface area contributed by atoms with E-state index < -0.39 is 18.0 Å². The lowest BCUT2D eigenvalue weighted by molar-refractivity contribution is -0.145. The lowest BCUT2D eigenvalue weighted by Crippen LogP contribution is -2.39. The molecule has 0 radical (unpaired) electrons. The van der Waals surface area contributed by atoms with Crippen molar-refractivity contribution < 1.29 is 18.0 Å². The largest absolute Gasteiger partial charge is 0.451 e. The number of carbonyl (C=O) groups is 1. The SMILES string of the molecule is CCCN(CCC)c1ccc2c(C(=O)NCC(c3cnc(C(F)(F)F)nc3)N(CCC)CCC)c(Cl)ccc2n1. The molecular weight excluding hydrogens is 541 g/mol. The van der Waals surface area contributed by atoms with Gasteiger partial charge in [-0.05, 0) is 63.0 Å². The van der Waals surface area contributed by atoms with Crippen molar-refractivity contribution >= 4 is 34.2 Å². The third-order valence-electron chi connectivity index (χ3n) is 6.57. The zero-order valence-electron chi connectivity index (χ0n) is 23.6. The van der Waals surface area contributed by atoms with Gasteiger partial charge in [-0.1, -0.05) is 39.3 Å². The topological polar surface area (TPSA) is 74.2 Å². The van der Waals surface area contributed by atoms with Crippen LogP contribution in [0.3, 0.4) is 0 Å². The van der Waals surface area contributed by atoms with Crippen LogP contribution in [0, 0.1) is 0 Å². The number of alkyl halides is 3. The van der Waals surface area contributed by atoms with Gasteiger partial charge in [-0.3, -0.25) is 9.69 Å². The Morgan fingerprint density at radius 2 is 1.52 bits per heavy atom. The monoisotopic (exact) mass is 578 g/mol. The number of rotatable bonds is 14. The first-order valence-electron chi connectivity index (χ1n) is 13.9. The normalized spacial score (nSPS) is 12.6. The van der Waals surface area contributed by atoms with Crippen LogP contribution < -0.4 is 10.2 Å². The number of pyridine rings is 1. The second-order valence-electron chi connectivity index (χ2n) is 9.75. The maximum absolute atomic E-state index is 13.5. The Morgan fingerprint density at radius 3 is 2.08 bits per heavy atom. The van der Waals surface area contributed by atoms with Crippen LogP contribution in [0.4, 0.5) is 19.0 Å². The molecule has 3 aromatic rings. The fraction of sp³-hybridized carbons (Fsp3) is 0.517. The quantitative estimate of drug-likeness (QED) is 0.224. The van der Waals surface area contributed by atoms with Gasteiger partial charge in [0.2, 0.25) is 5.82 Å². The summed E-state index contributed by atoms with van der Waals surface area (Å²) in [6.45, 7) is 11.6. The molecule has 1 amide bonds. The zero-order valence-corrected chi connectivity index (χ0v) is 24.3. The molecule has 0 aliphatic carbocycles. The first-order chi connectivity index (χ1) is 19.1. The fourth-order valence-electron chi connectivity index (χ4n) is 4.84. The van der Waals surface area contributed by atoms with Crippen LogP contribution in [0.1, 0.15) is 81.2 Å². The van der Waals surface area contributed by atoms with Gasteiger partial charge in [-0.15, -0.1) is 0 Å². The molecule has 40 heavy (non-hydrogen) atoms. The van der Waals surface area contributed by atoms with E-state index in [2.05, 4.69) is 38.9 Å². The molecule has 1 aromatic carbocycles. The van der Waals surface area contributed by atoms with Gasteiger partial charge >= 0.3 is 6.18 Å². The Labute approximate surface area is 239 Å². The summed E-state index contributed by atoms with van der Waals surface area (Å²) in [6.07, 6.45) is 1.42. The van der Waals surface area contributed by atoms with Gasteiger partial charge in [-0.2, -0.15) is 13.2 Å². The standard InChI is InChI=1S/C29H38ClF3N6O/c1-5-13-38(14-6-2)24(20-17-35-28(36-18-20)29(31,32)33)19-34-27(40)26-21-9-12-25(39(15-7-3)16-8-4)37-23(21)11-10-22(26)30/h9-12,17-18,24H,5-8,13-16,19H2,1-4H3,(H,34,40). The van der Waals surface area contributed by atoms with E-state index in [4.69, 9.17) is 16.6 Å². The third kappa shape index (κ3) is 7.81. The van der Waals surface area contributed by atoms with E-state index in [1.807, 2.05) is 26.0 Å². The van der Waals surface area contributed by atoms with E-state index in [1.54, 1.807) is 12.1 Å². The molecule has 2 heterocycles. The minimum atomic E-state index is -4.63. The number of aromatic nitrogens is 3. The maximum Gasteiger partial charge on any atom is 0.451 e. The molecule has 1 N–H and O–H groups in total. The number of anilines is 1. The average molecular weight is 579 g/mol. The Hall–Kier alpha value is -2.98. The van der Waals surface area contributed by atoms with Gasteiger partial charge in [-0.25, -0.2) is 15.0 Å². The van der Waals surface area contributed by atoms with E-state index in [9.17, 15) is 18.0 Å². The molecule has 0 aliphatic heterocycles. The number of nitrogens with one attached hydrogen (secondary N) is 1. The summed E-state index contributed by atoms with van der Waals surface area (Å²) in [6, 6.07) is 6.84. The summed E-state index contributed by atoms with van der Waals surface area (Å²) in [7, 11) is 0. The van der Waals surface area contributed by atoms with E-state index in [0.29, 0.717) is 40.1 Å². The molecule has 218 valence electrons. The van der Waals surface area contributed by atoms with Crippen molar-refractivity contribution in [3.05, 3.63) is 58.6 Å². The van der Waals surface area contributed by atoms with Crippen molar-refractivity contribution in [2.75, 3.05) is 37.6 Å². The number of fused-ring (bicyclic) bond motifs is 1. The first kappa shape index (κ1) is 31.5. The Balaban J connectivity index is 1.91. The molecule has 3 rings (SSSR count). The lowest BCUT2D eigenvalue weighted by atomic mass is 10.1. The van der Waals surface area contributed by atoms with Gasteiger partial charge in [0.15, 0.2) is 0 Å². The van der Waals surface area contributed by atoms with Gasteiger partial charge in [0.25, 0.3) is 5.91 Å². The predicted octanol–water partition coefficient (Wildman–Crippen LogP) is 6.92. The molecule has 11 heteroatoms. The van der Waals surface area contributed by atoms with E-state index in [0.717, 1.165) is 44.6 Å². The molecule has 7 nitrogen and oxygen atoms in total. The summed E-state index contributed by atoms with van der Waals surface area (Å²) in [5, 5.41) is 3.90. The zero-order chi connectivity index (χ0) is 29.3. The summed E-state index contributed by atoms with van der Waals surface area (Å²) in [5.74, 6) is -0.723. The molecule has 0 bridgehead atoms. The number of nitrogens with zero attached hydrogens (tertiary/aromatic N) is 5. The smallest absolute Gasteiger partial charge is 0.357 e. The Bertz CT molecular complexity index is 1240. The summed E-state index contributed by atoms with van der Waals surface area (Å²) in [4.78, 5) is 29.8. The van der Waals surface area contributed by atoms with Crippen molar-refractivity contribution in [3.8, 4) is 0 Å². The van der Waals surface area contributed by atoms with E-state index in [-0.39, 0.29) is 12.5 Å². The summed E-state index contributed by atoms with van der Waals surface area (Å²) < 4.78 is 39.2. The van der Waals surface area contributed by atoms with Crippen molar-refractivity contribution in [1.29, 1.82) is 0 Å². The van der Waals surface area contributed by atoms with Crippen LogP contribution in [-0.2, 0) is 6.18 Å². The molecule has 1 atom stereocenters. The number of carbonyl (C=O) groups excluding carboxylic acids is 1. The highest BCUT2D eigenvalue weighted by Crippen LogP contribution is 2.29. The van der Waals surface area contributed by atoms with E-state index in [1.165, 1.54) is 12.4 Å². The van der Waals surface area contributed by atoms with Crippen LogP contribution in [-0.4, -0.2) is 58.5 Å². The highest BCUT2D eigenvalue weighted by atomic mass is 35.5. The average Bonchev–Trinajstić information content (AvgIpc) is 2.92. The minimum absolute atomic E-state index is 0.145. The van der Waals surface area contributed by atoms with Gasteiger partial charge in [0, 0.05) is 43.0 Å². The summed E-state index contributed by atoms with van der Waals surface area (Å²) >= 11 is 6.52. The van der Waals surface area contributed by atoms with Gasteiger partial charge < -0.3 is 10.2 Å². The van der Waals surface area contributed by atoms with Gasteiger partial charge in [0.05, 0.1) is 22.1 Å². The Morgan fingerprint density at radius 1 is 0.925 bits per heavy atom. The van der Waals surface area contributed by atoms with Crippen molar-refractivity contribution in [3.63, 3.8) is 0 Å². The van der Waals surface area contributed by atoms with Crippen molar-refractivity contribution in [2.24, 2.45) is 0 Å². The molecule has 0 aliphatic rings. The number of hydrogen-bond acceptors (Lipinski definition) is 6. The second-order valence-corrected chi connectivity index (χ2v) is 10.2. The van der Waals surface area contributed by atoms with Crippen LogP contribution in [0.25, 0.3) is 10.9 Å². The molecule has 2 aromatic heterocycles. The first-order valence-corrected chi connectivity index (χ1v) is 14.3. The number of halogens is 4. The number of hydrogen-bond donors (Lipinski definition) is 1. The molecule has 1 unspecified atom stereocenters. The maximum atomic E-state index is 13.5. The molecule has 0 fully saturated rings. The number of benzene rings is 1. The van der Waals surface area contributed by atoms with E-state index >= 15 is 0 Å². The fourth-order valence-corrected chi connectivity index (χ4v) is 5.09. The second kappa shape index (κ2) is 14.6. The van der Waals surface area contributed by atoms with Crippen LogP contribution in [0.15, 0.2) is 36.7 Å². The summed E-state index contributed by atoms with van der Waals surface area (Å²) in [5.41, 5.74) is 1.48. The van der Waals surface area contributed by atoms with Crippen molar-refractivity contribution in [1.82, 2.24) is 25.2 Å². The third-order valence-corrected chi connectivity index (χ3v) is 6.89. The molecule has 0 saturated carbocycles. The molecule has 0 spiro atoms. The number of amides is 1. The van der Waals surface area contributed by atoms with Crippen molar-refractivity contribution in [2.45, 2.75) is 65.6 Å². The van der Waals surface area contributed by atoms with Crippen LogP contribution >= 0.6 is 11.6 Å².